The van der Waals surface area contributed by atoms with Crippen molar-refractivity contribution < 1.29 is 23.9 Å². The molecular weight excluding hydrogens is 504 g/mol. The van der Waals surface area contributed by atoms with Gasteiger partial charge in [-0.15, -0.1) is 0 Å². The lowest BCUT2D eigenvalue weighted by atomic mass is 9.73. The van der Waals surface area contributed by atoms with Gasteiger partial charge < -0.3 is 10.1 Å². The average molecular weight is 529 g/mol. The van der Waals surface area contributed by atoms with Crippen molar-refractivity contribution in [1.82, 2.24) is 0 Å². The molecule has 3 aromatic carbocycles. The molecule has 2 bridgehead atoms. The third-order valence-corrected chi connectivity index (χ3v) is 8.32. The maximum atomic E-state index is 13.5. The highest BCUT2D eigenvalue weighted by molar-refractivity contribution is 6.30. The van der Waals surface area contributed by atoms with Crippen LogP contribution in [0, 0.1) is 23.7 Å². The number of nitrogens with one attached hydrogen (secondary N) is 1. The van der Waals surface area contributed by atoms with E-state index in [-0.39, 0.29) is 41.0 Å². The lowest BCUT2D eigenvalue weighted by molar-refractivity contribution is -0.123. The third kappa shape index (κ3) is 4.27. The number of halogens is 1. The van der Waals surface area contributed by atoms with Crippen molar-refractivity contribution in [3.8, 4) is 0 Å². The number of carbonyl (C=O) groups is 4. The SMILES string of the molecule is O=C(COC(=O)c1ccc(N2C(=O)[C@@H]3[C@@H]4C[C@@H]([C@H]3C2=O)[C@H](c2ccccc2)C4)cc1)Nc1ccc(Cl)cc1. The lowest BCUT2D eigenvalue weighted by Gasteiger charge is -2.28. The average Bonchev–Trinajstić information content (AvgIpc) is 3.60. The number of esters is 1. The molecule has 1 saturated heterocycles. The fourth-order valence-electron chi connectivity index (χ4n) is 6.49. The van der Waals surface area contributed by atoms with Crippen LogP contribution in [-0.2, 0) is 19.1 Å². The second-order valence-corrected chi connectivity index (χ2v) is 10.6. The summed E-state index contributed by atoms with van der Waals surface area (Å²) in [5.74, 6) is -1.34. The predicted molar refractivity (Wildman–Crippen MR) is 142 cm³/mol. The number of ether oxygens (including phenoxy) is 1. The number of carbonyl (C=O) groups excluding carboxylic acids is 4. The molecule has 8 heteroatoms. The zero-order valence-electron chi connectivity index (χ0n) is 20.4. The quantitative estimate of drug-likeness (QED) is 0.356. The summed E-state index contributed by atoms with van der Waals surface area (Å²) < 4.78 is 5.12. The van der Waals surface area contributed by atoms with Crippen LogP contribution in [0.3, 0.4) is 0 Å². The summed E-state index contributed by atoms with van der Waals surface area (Å²) in [6.07, 6.45) is 1.84. The van der Waals surface area contributed by atoms with Gasteiger partial charge in [0.05, 0.1) is 23.1 Å². The minimum Gasteiger partial charge on any atom is -0.452 e. The van der Waals surface area contributed by atoms with E-state index in [4.69, 9.17) is 16.3 Å². The van der Waals surface area contributed by atoms with E-state index in [0.717, 1.165) is 12.8 Å². The molecule has 3 fully saturated rings. The Balaban J connectivity index is 1.10. The van der Waals surface area contributed by atoms with Crippen LogP contribution in [0.4, 0.5) is 11.4 Å². The lowest BCUT2D eigenvalue weighted by Crippen LogP contribution is -2.33. The number of amides is 3. The number of nitrogens with zero attached hydrogens (tertiary/aromatic N) is 1. The minimum absolute atomic E-state index is 0.145. The number of rotatable bonds is 6. The van der Waals surface area contributed by atoms with E-state index in [9.17, 15) is 19.2 Å². The normalized spacial score (nSPS) is 25.4. The topological polar surface area (TPSA) is 92.8 Å². The molecule has 2 aliphatic carbocycles. The van der Waals surface area contributed by atoms with E-state index in [0.29, 0.717) is 22.3 Å². The first-order valence-corrected chi connectivity index (χ1v) is 13.0. The Morgan fingerprint density at radius 2 is 1.55 bits per heavy atom. The molecule has 1 aliphatic heterocycles. The fourth-order valence-corrected chi connectivity index (χ4v) is 6.61. The van der Waals surface area contributed by atoms with Gasteiger partial charge in [-0.2, -0.15) is 0 Å². The van der Waals surface area contributed by atoms with Crippen molar-refractivity contribution in [2.24, 2.45) is 23.7 Å². The van der Waals surface area contributed by atoms with Gasteiger partial charge in [-0.3, -0.25) is 19.3 Å². The van der Waals surface area contributed by atoms with E-state index < -0.39 is 18.5 Å². The molecule has 0 aromatic heterocycles. The molecule has 5 atom stereocenters. The summed E-state index contributed by atoms with van der Waals surface area (Å²) in [6.45, 7) is -0.457. The summed E-state index contributed by atoms with van der Waals surface area (Å²) in [4.78, 5) is 52.7. The number of imide groups is 1. The van der Waals surface area contributed by atoms with Crippen LogP contribution in [0.2, 0.25) is 5.02 Å². The molecule has 0 unspecified atom stereocenters. The van der Waals surface area contributed by atoms with Gasteiger partial charge in [0.1, 0.15) is 0 Å². The molecule has 1 N–H and O–H groups in total. The summed E-state index contributed by atoms with van der Waals surface area (Å²) >= 11 is 5.83. The van der Waals surface area contributed by atoms with Gasteiger partial charge in [-0.25, -0.2) is 4.79 Å². The van der Waals surface area contributed by atoms with Crippen LogP contribution in [0.1, 0.15) is 34.7 Å². The smallest absolute Gasteiger partial charge is 0.338 e. The molecular formula is C30H25ClN2O5. The Morgan fingerprint density at radius 1 is 0.868 bits per heavy atom. The molecule has 3 aliphatic rings. The maximum absolute atomic E-state index is 13.5. The summed E-state index contributed by atoms with van der Waals surface area (Å²) in [6, 6.07) is 23.0. The third-order valence-electron chi connectivity index (χ3n) is 8.07. The van der Waals surface area contributed by atoms with Gasteiger partial charge in [0.25, 0.3) is 5.91 Å². The first kappa shape index (κ1) is 24.4. The zero-order valence-corrected chi connectivity index (χ0v) is 21.1. The summed E-state index contributed by atoms with van der Waals surface area (Å²) in [5.41, 5.74) is 2.44. The monoisotopic (exact) mass is 528 g/mol. The first-order valence-electron chi connectivity index (χ1n) is 12.7. The second kappa shape index (κ2) is 9.72. The standard InChI is InChI=1S/C30H25ClN2O5/c31-20-8-10-21(11-9-20)32-25(34)16-38-30(37)18-6-12-22(13-7-18)33-28(35)26-19-14-23(17-4-2-1-3-5-17)24(15-19)27(26)29(33)36/h1-13,19,23-24,26-27H,14-16H2,(H,32,34)/t19-,23-,24+,26+,27+/m0/s1. The van der Waals surface area contributed by atoms with Crippen molar-refractivity contribution in [3.63, 3.8) is 0 Å². The first-order chi connectivity index (χ1) is 18.4. The van der Waals surface area contributed by atoms with E-state index in [1.807, 2.05) is 18.2 Å². The van der Waals surface area contributed by atoms with Crippen molar-refractivity contribution in [2.45, 2.75) is 18.8 Å². The highest BCUT2D eigenvalue weighted by atomic mass is 35.5. The van der Waals surface area contributed by atoms with Gasteiger partial charge >= 0.3 is 5.97 Å². The molecule has 0 spiro atoms. The van der Waals surface area contributed by atoms with Crippen LogP contribution in [-0.4, -0.2) is 30.3 Å². The molecule has 3 aromatic rings. The van der Waals surface area contributed by atoms with Crippen molar-refractivity contribution >= 4 is 46.7 Å². The molecule has 0 radical (unpaired) electrons. The van der Waals surface area contributed by atoms with Crippen LogP contribution < -0.4 is 10.2 Å². The number of fused-ring (bicyclic) bond motifs is 5. The van der Waals surface area contributed by atoms with Crippen LogP contribution in [0.15, 0.2) is 78.9 Å². The van der Waals surface area contributed by atoms with Gasteiger partial charge in [0.2, 0.25) is 11.8 Å². The van der Waals surface area contributed by atoms with Crippen molar-refractivity contribution in [2.75, 3.05) is 16.8 Å². The van der Waals surface area contributed by atoms with Crippen molar-refractivity contribution in [3.05, 3.63) is 95.0 Å². The van der Waals surface area contributed by atoms with E-state index >= 15 is 0 Å². The van der Waals surface area contributed by atoms with Gasteiger partial charge in [-0.1, -0.05) is 41.9 Å². The van der Waals surface area contributed by atoms with Crippen LogP contribution in [0.25, 0.3) is 0 Å². The molecule has 192 valence electrons. The summed E-state index contributed by atoms with van der Waals surface area (Å²) in [7, 11) is 0. The minimum atomic E-state index is -0.678. The fraction of sp³-hybridized carbons (Fsp3) is 0.267. The Kier molecular flexibility index (Phi) is 6.24. The predicted octanol–water partition coefficient (Wildman–Crippen LogP) is 5.06. The number of hydrogen-bond donors (Lipinski definition) is 1. The second-order valence-electron chi connectivity index (χ2n) is 10.2. The van der Waals surface area contributed by atoms with Gasteiger partial charge in [0.15, 0.2) is 6.61 Å². The maximum Gasteiger partial charge on any atom is 0.338 e. The van der Waals surface area contributed by atoms with Gasteiger partial charge in [0, 0.05) is 10.7 Å². The Hall–Kier alpha value is -3.97. The van der Waals surface area contributed by atoms with Crippen molar-refractivity contribution in [1.29, 1.82) is 0 Å². The Labute approximate surface area is 224 Å². The van der Waals surface area contributed by atoms with E-state index in [1.54, 1.807) is 36.4 Å². The molecule has 6 rings (SSSR count). The Morgan fingerprint density at radius 3 is 2.26 bits per heavy atom. The molecule has 38 heavy (non-hydrogen) atoms. The highest BCUT2D eigenvalue weighted by Crippen LogP contribution is 2.61. The zero-order chi connectivity index (χ0) is 26.4. The largest absolute Gasteiger partial charge is 0.452 e. The van der Waals surface area contributed by atoms with E-state index in [1.165, 1.54) is 22.6 Å². The molecule has 3 amide bonds. The molecule has 2 saturated carbocycles. The number of benzene rings is 3. The number of hydrogen-bond acceptors (Lipinski definition) is 5. The highest BCUT2D eigenvalue weighted by Gasteiger charge is 2.64. The number of anilines is 2. The Bertz CT molecular complexity index is 1410. The molecule has 1 heterocycles. The van der Waals surface area contributed by atoms with Gasteiger partial charge in [-0.05, 0) is 84.7 Å². The van der Waals surface area contributed by atoms with E-state index in [2.05, 4.69) is 17.4 Å². The van der Waals surface area contributed by atoms with Crippen LogP contribution >= 0.6 is 11.6 Å². The van der Waals surface area contributed by atoms with Crippen LogP contribution in [0.5, 0.6) is 0 Å². The summed E-state index contributed by atoms with van der Waals surface area (Å²) in [5, 5.41) is 3.16. The molecule has 7 nitrogen and oxygen atoms in total.